The smallest absolute Gasteiger partial charge is 0.214 e. The molecule has 3 heteroatoms. The molecule has 0 aliphatic rings. The maximum absolute atomic E-state index is 2.36. The zero-order valence-corrected chi connectivity index (χ0v) is 17.6. The van der Waals surface area contributed by atoms with Crippen LogP contribution < -0.4 is 10.4 Å². The van der Waals surface area contributed by atoms with Crippen LogP contribution in [0.5, 0.6) is 0 Å². The van der Waals surface area contributed by atoms with Crippen molar-refractivity contribution in [2.75, 3.05) is 0 Å². The van der Waals surface area contributed by atoms with Crippen LogP contribution in [0.15, 0.2) is 48.5 Å². The Morgan fingerprint density at radius 1 is 0.526 bits per heavy atom. The van der Waals surface area contributed by atoms with Crippen LogP contribution in [0.2, 0.25) is 39.3 Å². The van der Waals surface area contributed by atoms with Gasteiger partial charge < -0.3 is 0 Å². The molecule has 0 unspecified atom stereocenters. The Labute approximate surface area is 140 Å². The molecule has 0 N–H and O–H groups in total. The first-order valence-corrected chi connectivity index (χ1v) is 13.7. The second kappa shape index (κ2) is 7.71. The van der Waals surface area contributed by atoms with Gasteiger partial charge >= 0.3 is 26.2 Å². The van der Waals surface area contributed by atoms with Crippen LogP contribution in [0.1, 0.15) is 0 Å². The second-order valence-corrected chi connectivity index (χ2v) is 17.0. The van der Waals surface area contributed by atoms with Gasteiger partial charge in [0.1, 0.15) is 0 Å². The van der Waals surface area contributed by atoms with Crippen molar-refractivity contribution in [1.82, 2.24) is 0 Å². The molecule has 2 aromatic carbocycles. The molecule has 0 radical (unpaired) electrons. The Hall–Kier alpha value is 0.0169. The van der Waals surface area contributed by atoms with E-state index in [-0.39, 0.29) is 26.2 Å². The normalized spacial score (nSPS) is 11.3. The van der Waals surface area contributed by atoms with Crippen LogP contribution in [0.25, 0.3) is 0 Å². The SMILES string of the molecule is C[Si](C)(C)[c-]1cccc1.C[Si](C)(C)[c-]1cccc1.[Zr+2]. The van der Waals surface area contributed by atoms with Gasteiger partial charge in [-0.2, -0.15) is 34.6 Å². The minimum Gasteiger partial charge on any atom is -0.214 e. The van der Waals surface area contributed by atoms with Gasteiger partial charge in [0.2, 0.25) is 0 Å². The van der Waals surface area contributed by atoms with Crippen LogP contribution in [0.3, 0.4) is 0 Å². The van der Waals surface area contributed by atoms with Crippen molar-refractivity contribution < 1.29 is 26.2 Å². The maximum atomic E-state index is 2.36. The van der Waals surface area contributed by atoms with E-state index in [9.17, 15) is 0 Å². The van der Waals surface area contributed by atoms with Gasteiger partial charge in [0.25, 0.3) is 0 Å². The van der Waals surface area contributed by atoms with Crippen molar-refractivity contribution in [3.05, 3.63) is 48.5 Å². The molecule has 0 aliphatic carbocycles. The van der Waals surface area contributed by atoms with E-state index in [1.807, 2.05) is 0 Å². The fourth-order valence-electron chi connectivity index (χ4n) is 1.75. The van der Waals surface area contributed by atoms with Crippen molar-refractivity contribution in [3.63, 3.8) is 0 Å². The van der Waals surface area contributed by atoms with Gasteiger partial charge in [0.15, 0.2) is 0 Å². The van der Waals surface area contributed by atoms with Crippen LogP contribution in [-0.2, 0) is 26.2 Å². The fourth-order valence-corrected chi connectivity index (χ4v) is 4.13. The Morgan fingerprint density at radius 2 is 0.737 bits per heavy atom. The summed E-state index contributed by atoms with van der Waals surface area (Å²) in [4.78, 5) is 0. The number of hydrogen-bond donors (Lipinski definition) is 0. The summed E-state index contributed by atoms with van der Waals surface area (Å²) in [5.41, 5.74) is 0. The molecule has 0 aliphatic heterocycles. The largest absolute Gasteiger partial charge is 2.00 e. The fraction of sp³-hybridized carbons (Fsp3) is 0.375. The molecule has 0 spiro atoms. The van der Waals surface area contributed by atoms with Gasteiger partial charge in [0, 0.05) is 16.1 Å². The Morgan fingerprint density at radius 3 is 0.842 bits per heavy atom. The van der Waals surface area contributed by atoms with E-state index in [2.05, 4.69) is 87.8 Å². The van der Waals surface area contributed by atoms with E-state index in [0.717, 1.165) is 0 Å². The van der Waals surface area contributed by atoms with Gasteiger partial charge in [-0.1, -0.05) is 39.3 Å². The van der Waals surface area contributed by atoms with Gasteiger partial charge in [-0.3, -0.25) is 0 Å². The summed E-state index contributed by atoms with van der Waals surface area (Å²) in [6, 6.07) is 17.4. The van der Waals surface area contributed by atoms with Crippen LogP contribution in [-0.4, -0.2) is 16.1 Å². The van der Waals surface area contributed by atoms with E-state index in [0.29, 0.717) is 0 Å². The standard InChI is InChI=1S/2C8H13Si.Zr/c2*1-9(2,3)8-6-4-5-7-8;/h2*4-7H,1-3H3;/q2*-1;+2. The molecule has 19 heavy (non-hydrogen) atoms. The Kier molecular flexibility index (Phi) is 7.71. The third kappa shape index (κ3) is 6.83. The van der Waals surface area contributed by atoms with Crippen molar-refractivity contribution in [1.29, 1.82) is 0 Å². The van der Waals surface area contributed by atoms with Crippen molar-refractivity contribution in [2.24, 2.45) is 0 Å². The summed E-state index contributed by atoms with van der Waals surface area (Å²) in [5, 5.41) is 3.12. The monoisotopic (exact) mass is 364 g/mol. The Balaban J connectivity index is 0.000000324. The molecule has 0 bridgehead atoms. The van der Waals surface area contributed by atoms with E-state index in [4.69, 9.17) is 0 Å². The minimum absolute atomic E-state index is 0. The topological polar surface area (TPSA) is 0 Å². The van der Waals surface area contributed by atoms with E-state index in [1.165, 1.54) is 0 Å². The first-order valence-electron chi connectivity index (χ1n) is 6.65. The van der Waals surface area contributed by atoms with Crippen molar-refractivity contribution in [2.45, 2.75) is 39.3 Å². The van der Waals surface area contributed by atoms with Gasteiger partial charge in [-0.25, -0.2) is 24.3 Å². The van der Waals surface area contributed by atoms with Gasteiger partial charge in [-0.05, 0) is 0 Å². The van der Waals surface area contributed by atoms with Crippen LogP contribution >= 0.6 is 0 Å². The van der Waals surface area contributed by atoms with E-state index >= 15 is 0 Å². The molecule has 0 aromatic heterocycles. The molecule has 0 nitrogen and oxygen atoms in total. The Bertz CT molecular complexity index is 384. The second-order valence-electron chi connectivity index (χ2n) is 6.85. The molecule has 0 amide bonds. The zero-order chi connectivity index (χ0) is 13.8. The summed E-state index contributed by atoms with van der Waals surface area (Å²) >= 11 is 0. The van der Waals surface area contributed by atoms with Gasteiger partial charge in [0.05, 0.1) is 0 Å². The molecule has 2 aromatic rings. The zero-order valence-electron chi connectivity index (χ0n) is 13.1. The maximum Gasteiger partial charge on any atom is 2.00 e. The number of hydrogen-bond acceptors (Lipinski definition) is 0. The predicted molar refractivity (Wildman–Crippen MR) is 90.0 cm³/mol. The average Bonchev–Trinajstić information content (AvgIpc) is 2.91. The predicted octanol–water partition coefficient (Wildman–Crippen LogP) is 3.90. The van der Waals surface area contributed by atoms with Gasteiger partial charge in [-0.15, -0.1) is 0 Å². The quantitative estimate of drug-likeness (QED) is 0.559. The summed E-state index contributed by atoms with van der Waals surface area (Å²) in [5.74, 6) is 0. The first kappa shape index (κ1) is 19.0. The third-order valence-corrected chi connectivity index (χ3v) is 7.19. The van der Waals surface area contributed by atoms with E-state index < -0.39 is 16.1 Å². The molecule has 0 saturated heterocycles. The molecule has 0 heterocycles. The molecule has 0 fully saturated rings. The van der Waals surface area contributed by atoms with E-state index in [1.54, 1.807) is 10.4 Å². The molecular weight excluding hydrogens is 340 g/mol. The molecule has 2 rings (SSSR count). The summed E-state index contributed by atoms with van der Waals surface area (Å²) < 4.78 is 0. The average molecular weight is 366 g/mol. The molecule has 102 valence electrons. The molecule has 0 atom stereocenters. The summed E-state index contributed by atoms with van der Waals surface area (Å²) in [7, 11) is -1.96. The number of rotatable bonds is 2. The molecule has 0 saturated carbocycles. The third-order valence-electron chi connectivity index (χ3n) is 3.06. The first-order chi connectivity index (χ1) is 8.21. The summed E-state index contributed by atoms with van der Waals surface area (Å²) in [6.45, 7) is 14.2. The molecular formula is C16H26Si2Zr. The minimum atomic E-state index is -0.981. The van der Waals surface area contributed by atoms with Crippen LogP contribution in [0, 0.1) is 0 Å². The van der Waals surface area contributed by atoms with Crippen molar-refractivity contribution >= 4 is 26.5 Å². The van der Waals surface area contributed by atoms with Crippen LogP contribution in [0.4, 0.5) is 0 Å². The van der Waals surface area contributed by atoms with Crippen molar-refractivity contribution in [3.8, 4) is 0 Å². The summed E-state index contributed by atoms with van der Waals surface area (Å²) in [6.07, 6.45) is 0.